The normalized spacial score (nSPS) is 20.2. The van der Waals surface area contributed by atoms with Gasteiger partial charge in [-0.2, -0.15) is 0 Å². The molecule has 1 aromatic carbocycles. The summed E-state index contributed by atoms with van der Waals surface area (Å²) < 4.78 is 17.0. The van der Waals surface area contributed by atoms with Crippen molar-refractivity contribution in [1.82, 2.24) is 15.5 Å². The minimum atomic E-state index is 0. The first-order chi connectivity index (χ1) is 13.8. The van der Waals surface area contributed by atoms with Crippen LogP contribution in [0.25, 0.3) is 0 Å². The molecule has 3 rings (SSSR count). The van der Waals surface area contributed by atoms with Crippen molar-refractivity contribution >= 4 is 29.9 Å². The van der Waals surface area contributed by atoms with Gasteiger partial charge in [-0.15, -0.1) is 24.0 Å². The fourth-order valence-electron chi connectivity index (χ4n) is 3.38. The van der Waals surface area contributed by atoms with Gasteiger partial charge in [-0.1, -0.05) is 12.1 Å². The van der Waals surface area contributed by atoms with E-state index in [0.29, 0.717) is 19.3 Å². The van der Waals surface area contributed by atoms with Gasteiger partial charge in [0, 0.05) is 39.3 Å². The molecule has 0 spiro atoms. The molecule has 2 fully saturated rings. The van der Waals surface area contributed by atoms with Gasteiger partial charge in [0.25, 0.3) is 0 Å². The standard InChI is InChI=1S/C21H34N4O3.HI/c1-2-22-21(24-17-20-7-4-11-27-20)23-16-18-5-3-6-19(15-18)28-14-10-25-8-12-26-13-9-25;/h3,5-6,15,20H,2,4,7-14,16-17H2,1H3,(H2,22,23,24);1H. The largest absolute Gasteiger partial charge is 0.492 e. The van der Waals surface area contributed by atoms with Gasteiger partial charge < -0.3 is 24.8 Å². The Morgan fingerprint density at radius 3 is 2.86 bits per heavy atom. The molecule has 2 heterocycles. The highest BCUT2D eigenvalue weighted by Crippen LogP contribution is 2.14. The van der Waals surface area contributed by atoms with Crippen molar-refractivity contribution < 1.29 is 14.2 Å². The number of hydrogen-bond donors (Lipinski definition) is 2. The molecule has 1 unspecified atom stereocenters. The van der Waals surface area contributed by atoms with E-state index in [0.717, 1.165) is 82.7 Å². The number of halogens is 1. The molecule has 29 heavy (non-hydrogen) atoms. The summed E-state index contributed by atoms with van der Waals surface area (Å²) in [5.41, 5.74) is 1.14. The smallest absolute Gasteiger partial charge is 0.191 e. The van der Waals surface area contributed by atoms with Crippen LogP contribution >= 0.6 is 24.0 Å². The Balaban J connectivity index is 0.00000300. The lowest BCUT2D eigenvalue weighted by molar-refractivity contribution is 0.0322. The summed E-state index contributed by atoms with van der Waals surface area (Å²) in [6, 6.07) is 8.20. The quantitative estimate of drug-likeness (QED) is 0.297. The van der Waals surface area contributed by atoms with Gasteiger partial charge in [0.2, 0.25) is 0 Å². The van der Waals surface area contributed by atoms with Gasteiger partial charge in [-0.3, -0.25) is 4.90 Å². The zero-order valence-corrected chi connectivity index (χ0v) is 19.7. The Labute approximate surface area is 191 Å². The van der Waals surface area contributed by atoms with E-state index in [2.05, 4.69) is 34.6 Å². The topological polar surface area (TPSA) is 67.4 Å². The van der Waals surface area contributed by atoms with E-state index in [4.69, 9.17) is 19.2 Å². The Hall–Kier alpha value is -1.10. The van der Waals surface area contributed by atoms with E-state index < -0.39 is 0 Å². The summed E-state index contributed by atoms with van der Waals surface area (Å²) in [6.45, 7) is 10.5. The minimum Gasteiger partial charge on any atom is -0.492 e. The van der Waals surface area contributed by atoms with Crippen LogP contribution in [0.5, 0.6) is 5.75 Å². The van der Waals surface area contributed by atoms with Gasteiger partial charge in [-0.25, -0.2) is 4.99 Å². The summed E-state index contributed by atoms with van der Waals surface area (Å²) >= 11 is 0. The van der Waals surface area contributed by atoms with Crippen LogP contribution in [0, 0.1) is 0 Å². The van der Waals surface area contributed by atoms with Crippen molar-refractivity contribution in [3.63, 3.8) is 0 Å². The molecule has 2 saturated heterocycles. The molecule has 0 bridgehead atoms. The molecule has 0 aliphatic carbocycles. The van der Waals surface area contributed by atoms with E-state index in [1.807, 2.05) is 12.1 Å². The van der Waals surface area contributed by atoms with Crippen LogP contribution in [-0.4, -0.2) is 76.1 Å². The lowest BCUT2D eigenvalue weighted by Crippen LogP contribution is -2.41. The summed E-state index contributed by atoms with van der Waals surface area (Å²) in [5, 5.41) is 6.68. The highest BCUT2D eigenvalue weighted by molar-refractivity contribution is 14.0. The lowest BCUT2D eigenvalue weighted by Gasteiger charge is -2.26. The van der Waals surface area contributed by atoms with Crippen molar-refractivity contribution in [2.75, 3.05) is 59.2 Å². The molecular weight excluding hydrogens is 483 g/mol. The maximum Gasteiger partial charge on any atom is 0.191 e. The van der Waals surface area contributed by atoms with E-state index in [1.165, 1.54) is 0 Å². The first kappa shape index (κ1) is 24.2. The van der Waals surface area contributed by atoms with E-state index >= 15 is 0 Å². The minimum absolute atomic E-state index is 0. The van der Waals surface area contributed by atoms with Crippen molar-refractivity contribution in [3.8, 4) is 5.75 Å². The van der Waals surface area contributed by atoms with Crippen molar-refractivity contribution in [2.45, 2.75) is 32.4 Å². The van der Waals surface area contributed by atoms with Crippen LogP contribution in [0.4, 0.5) is 0 Å². The predicted octanol–water partition coefficient (Wildman–Crippen LogP) is 2.25. The Kier molecular flexibility index (Phi) is 11.7. The Morgan fingerprint density at radius 2 is 2.10 bits per heavy atom. The summed E-state index contributed by atoms with van der Waals surface area (Å²) in [7, 11) is 0. The lowest BCUT2D eigenvalue weighted by atomic mass is 10.2. The molecule has 2 aliphatic rings. The Morgan fingerprint density at radius 1 is 1.24 bits per heavy atom. The molecule has 1 aromatic rings. The maximum absolute atomic E-state index is 5.94. The van der Waals surface area contributed by atoms with Gasteiger partial charge in [0.05, 0.1) is 25.9 Å². The molecule has 7 nitrogen and oxygen atoms in total. The van der Waals surface area contributed by atoms with Gasteiger partial charge in [0.15, 0.2) is 5.96 Å². The van der Waals surface area contributed by atoms with E-state index in [1.54, 1.807) is 0 Å². The number of nitrogens with one attached hydrogen (secondary N) is 2. The van der Waals surface area contributed by atoms with Crippen LogP contribution in [0.15, 0.2) is 29.3 Å². The molecule has 2 N–H and O–H groups in total. The van der Waals surface area contributed by atoms with Gasteiger partial charge in [-0.05, 0) is 37.5 Å². The zero-order valence-electron chi connectivity index (χ0n) is 17.4. The number of aliphatic imine (C=N–C) groups is 1. The number of benzene rings is 1. The highest BCUT2D eigenvalue weighted by Gasteiger charge is 2.15. The van der Waals surface area contributed by atoms with Crippen LogP contribution in [-0.2, 0) is 16.0 Å². The highest BCUT2D eigenvalue weighted by atomic mass is 127. The van der Waals surface area contributed by atoms with Crippen LogP contribution in [0.2, 0.25) is 0 Å². The Bertz CT molecular complexity index is 605. The van der Waals surface area contributed by atoms with Crippen molar-refractivity contribution in [1.29, 1.82) is 0 Å². The second-order valence-corrected chi connectivity index (χ2v) is 7.16. The number of ether oxygens (including phenoxy) is 3. The number of hydrogen-bond acceptors (Lipinski definition) is 5. The SMILES string of the molecule is CCNC(=NCc1cccc(OCCN2CCOCC2)c1)NCC1CCCO1.I. The van der Waals surface area contributed by atoms with Gasteiger partial charge in [0.1, 0.15) is 12.4 Å². The molecule has 8 heteroatoms. The number of rotatable bonds is 9. The van der Waals surface area contributed by atoms with Gasteiger partial charge >= 0.3 is 0 Å². The number of guanidine groups is 1. The fraction of sp³-hybridized carbons (Fsp3) is 0.667. The average molecular weight is 518 g/mol. The predicted molar refractivity (Wildman–Crippen MR) is 126 cm³/mol. The first-order valence-electron chi connectivity index (χ1n) is 10.5. The summed E-state index contributed by atoms with van der Waals surface area (Å²) in [4.78, 5) is 7.08. The summed E-state index contributed by atoms with van der Waals surface area (Å²) in [6.07, 6.45) is 2.57. The van der Waals surface area contributed by atoms with E-state index in [-0.39, 0.29) is 24.0 Å². The third-order valence-electron chi connectivity index (χ3n) is 4.96. The second kappa shape index (κ2) is 14.0. The second-order valence-electron chi connectivity index (χ2n) is 7.16. The first-order valence-corrected chi connectivity index (χ1v) is 10.5. The molecule has 0 aromatic heterocycles. The third kappa shape index (κ3) is 9.06. The molecule has 0 saturated carbocycles. The van der Waals surface area contributed by atoms with E-state index in [9.17, 15) is 0 Å². The van der Waals surface area contributed by atoms with Crippen LogP contribution in [0.3, 0.4) is 0 Å². The molecule has 0 radical (unpaired) electrons. The molecule has 1 atom stereocenters. The fourth-order valence-corrected chi connectivity index (χ4v) is 3.38. The third-order valence-corrected chi connectivity index (χ3v) is 4.96. The molecule has 2 aliphatic heterocycles. The zero-order chi connectivity index (χ0) is 19.4. The average Bonchev–Trinajstić information content (AvgIpc) is 3.25. The molecule has 0 amide bonds. The molecular formula is C21H35IN4O3. The van der Waals surface area contributed by atoms with Crippen molar-refractivity contribution in [2.24, 2.45) is 4.99 Å². The van der Waals surface area contributed by atoms with Crippen LogP contribution in [0.1, 0.15) is 25.3 Å². The number of morpholine rings is 1. The van der Waals surface area contributed by atoms with Crippen molar-refractivity contribution in [3.05, 3.63) is 29.8 Å². The number of nitrogens with zero attached hydrogens (tertiary/aromatic N) is 2. The maximum atomic E-state index is 5.94. The molecule has 164 valence electrons. The summed E-state index contributed by atoms with van der Waals surface area (Å²) in [5.74, 6) is 1.73. The van der Waals surface area contributed by atoms with Crippen LogP contribution < -0.4 is 15.4 Å². The monoisotopic (exact) mass is 518 g/mol.